The van der Waals surface area contributed by atoms with Crippen LogP contribution in [0, 0.1) is 0 Å². The van der Waals surface area contributed by atoms with E-state index in [0.29, 0.717) is 10.7 Å². The van der Waals surface area contributed by atoms with Crippen LogP contribution in [0.2, 0.25) is 5.02 Å². The molecule has 0 bridgehead atoms. The molecule has 2 N–H and O–H groups in total. The molecule has 1 aromatic carbocycles. The lowest BCUT2D eigenvalue weighted by molar-refractivity contribution is -0.124. The van der Waals surface area contributed by atoms with Gasteiger partial charge in [-0.1, -0.05) is 30.7 Å². The standard InChI is InChI=1S/C14H18ClN3O2/c1-3-10(2)17-18-14(20)9-8-13(19)16-12-7-5-4-6-11(12)15/h4-7H,3,8-9H2,1-2H3,(H,16,19)(H,18,20)/b17-10-. The van der Waals surface area contributed by atoms with E-state index in [1.54, 1.807) is 24.3 Å². The molecule has 0 spiro atoms. The van der Waals surface area contributed by atoms with Crippen molar-refractivity contribution in [2.24, 2.45) is 5.10 Å². The fourth-order valence-corrected chi connectivity index (χ4v) is 1.48. The van der Waals surface area contributed by atoms with E-state index in [0.717, 1.165) is 12.1 Å². The van der Waals surface area contributed by atoms with Gasteiger partial charge in [0.1, 0.15) is 0 Å². The topological polar surface area (TPSA) is 70.6 Å². The second-order valence-electron chi connectivity index (χ2n) is 4.26. The molecule has 0 saturated heterocycles. The van der Waals surface area contributed by atoms with Crippen molar-refractivity contribution in [3.8, 4) is 0 Å². The Balaban J connectivity index is 2.37. The summed E-state index contributed by atoms with van der Waals surface area (Å²) in [6.07, 6.45) is 0.932. The van der Waals surface area contributed by atoms with E-state index in [9.17, 15) is 9.59 Å². The molecule has 0 atom stereocenters. The molecular formula is C14H18ClN3O2. The number of nitrogens with zero attached hydrogens (tertiary/aromatic N) is 1. The number of hydrogen-bond acceptors (Lipinski definition) is 3. The zero-order valence-electron chi connectivity index (χ0n) is 11.6. The van der Waals surface area contributed by atoms with Crippen LogP contribution < -0.4 is 10.7 Å². The van der Waals surface area contributed by atoms with Gasteiger partial charge in [0, 0.05) is 18.6 Å². The number of para-hydroxylation sites is 1. The van der Waals surface area contributed by atoms with Crippen LogP contribution in [0.15, 0.2) is 29.4 Å². The van der Waals surface area contributed by atoms with Crippen LogP contribution in [0.3, 0.4) is 0 Å². The molecule has 0 aliphatic rings. The van der Waals surface area contributed by atoms with E-state index in [1.807, 2.05) is 13.8 Å². The SMILES string of the molecule is CC/C(C)=N\NC(=O)CCC(=O)Nc1ccccc1Cl. The van der Waals surface area contributed by atoms with E-state index in [4.69, 9.17) is 11.6 Å². The average molecular weight is 296 g/mol. The minimum atomic E-state index is -0.285. The highest BCUT2D eigenvalue weighted by molar-refractivity contribution is 6.33. The molecular weight excluding hydrogens is 278 g/mol. The highest BCUT2D eigenvalue weighted by Gasteiger charge is 2.08. The number of carbonyl (C=O) groups excluding carboxylic acids is 2. The first-order chi connectivity index (χ1) is 9.52. The van der Waals surface area contributed by atoms with Gasteiger partial charge in [-0.15, -0.1) is 0 Å². The molecule has 1 aromatic rings. The van der Waals surface area contributed by atoms with Gasteiger partial charge >= 0.3 is 0 Å². The summed E-state index contributed by atoms with van der Waals surface area (Å²) < 4.78 is 0. The predicted octanol–water partition coefficient (Wildman–Crippen LogP) is 2.96. The first-order valence-corrected chi connectivity index (χ1v) is 6.77. The number of carbonyl (C=O) groups is 2. The number of anilines is 1. The van der Waals surface area contributed by atoms with E-state index in [1.165, 1.54) is 0 Å². The van der Waals surface area contributed by atoms with Crippen LogP contribution in [-0.2, 0) is 9.59 Å². The van der Waals surface area contributed by atoms with Crippen LogP contribution >= 0.6 is 11.6 Å². The molecule has 0 aliphatic carbocycles. The Hall–Kier alpha value is -1.88. The van der Waals surface area contributed by atoms with Crippen molar-refractivity contribution in [3.05, 3.63) is 29.3 Å². The lowest BCUT2D eigenvalue weighted by Gasteiger charge is -2.06. The summed E-state index contributed by atoms with van der Waals surface area (Å²) in [7, 11) is 0. The molecule has 6 heteroatoms. The molecule has 0 aromatic heterocycles. The summed E-state index contributed by atoms with van der Waals surface area (Å²) in [5, 5.41) is 7.00. The third kappa shape index (κ3) is 5.84. The number of amides is 2. The van der Waals surface area contributed by atoms with Gasteiger partial charge in [0.05, 0.1) is 10.7 Å². The maximum absolute atomic E-state index is 11.7. The summed E-state index contributed by atoms with van der Waals surface area (Å²) in [4.78, 5) is 23.1. The molecule has 0 saturated carbocycles. The van der Waals surface area contributed by atoms with Crippen LogP contribution in [0.25, 0.3) is 0 Å². The number of rotatable bonds is 6. The van der Waals surface area contributed by atoms with Crippen LogP contribution in [0.5, 0.6) is 0 Å². The predicted molar refractivity (Wildman–Crippen MR) is 80.9 cm³/mol. The first-order valence-electron chi connectivity index (χ1n) is 6.39. The molecule has 0 radical (unpaired) electrons. The third-order valence-electron chi connectivity index (χ3n) is 2.61. The summed E-state index contributed by atoms with van der Waals surface area (Å²) in [5.74, 6) is -0.545. The lowest BCUT2D eigenvalue weighted by atomic mass is 10.2. The van der Waals surface area contributed by atoms with Crippen molar-refractivity contribution in [1.82, 2.24) is 5.43 Å². The Morgan fingerprint density at radius 2 is 1.85 bits per heavy atom. The Bertz CT molecular complexity index is 515. The van der Waals surface area contributed by atoms with E-state index < -0.39 is 0 Å². The van der Waals surface area contributed by atoms with Crippen LogP contribution in [0.4, 0.5) is 5.69 Å². The zero-order chi connectivity index (χ0) is 15.0. The monoisotopic (exact) mass is 295 g/mol. The minimum absolute atomic E-state index is 0.0801. The van der Waals surface area contributed by atoms with Gasteiger partial charge in [0.15, 0.2) is 0 Å². The highest BCUT2D eigenvalue weighted by atomic mass is 35.5. The maximum Gasteiger partial charge on any atom is 0.240 e. The molecule has 20 heavy (non-hydrogen) atoms. The average Bonchev–Trinajstić information content (AvgIpc) is 2.45. The molecule has 108 valence electrons. The number of halogens is 1. The van der Waals surface area contributed by atoms with Crippen molar-refractivity contribution in [2.75, 3.05) is 5.32 Å². The quantitative estimate of drug-likeness (QED) is 0.625. The van der Waals surface area contributed by atoms with Crippen molar-refractivity contribution >= 4 is 34.8 Å². The van der Waals surface area contributed by atoms with Crippen molar-refractivity contribution in [1.29, 1.82) is 0 Å². The smallest absolute Gasteiger partial charge is 0.240 e. The van der Waals surface area contributed by atoms with E-state index in [-0.39, 0.29) is 24.7 Å². The molecule has 0 fully saturated rings. The molecule has 2 amide bonds. The van der Waals surface area contributed by atoms with Crippen LogP contribution in [0.1, 0.15) is 33.1 Å². The van der Waals surface area contributed by atoms with Gasteiger partial charge in [-0.25, -0.2) is 5.43 Å². The molecule has 0 heterocycles. The molecule has 0 aliphatic heterocycles. The number of nitrogens with one attached hydrogen (secondary N) is 2. The molecule has 1 rings (SSSR count). The Morgan fingerprint density at radius 1 is 1.20 bits per heavy atom. The molecule has 0 unspecified atom stereocenters. The highest BCUT2D eigenvalue weighted by Crippen LogP contribution is 2.20. The Labute approximate surface area is 123 Å². The van der Waals surface area contributed by atoms with E-state index >= 15 is 0 Å². The van der Waals surface area contributed by atoms with Crippen molar-refractivity contribution < 1.29 is 9.59 Å². The van der Waals surface area contributed by atoms with Gasteiger partial charge in [-0.2, -0.15) is 5.10 Å². The lowest BCUT2D eigenvalue weighted by Crippen LogP contribution is -2.21. The van der Waals surface area contributed by atoms with Gasteiger partial charge in [0.2, 0.25) is 11.8 Å². The summed E-state index contributed by atoms with van der Waals surface area (Å²) in [5.41, 5.74) is 3.78. The van der Waals surface area contributed by atoms with Gasteiger partial charge in [-0.05, 0) is 25.5 Å². The van der Waals surface area contributed by atoms with Crippen molar-refractivity contribution in [3.63, 3.8) is 0 Å². The Morgan fingerprint density at radius 3 is 2.50 bits per heavy atom. The summed E-state index contributed by atoms with van der Waals surface area (Å²) in [6, 6.07) is 6.94. The minimum Gasteiger partial charge on any atom is -0.325 e. The van der Waals surface area contributed by atoms with Crippen LogP contribution in [-0.4, -0.2) is 17.5 Å². The number of hydrogen-bond donors (Lipinski definition) is 2. The normalized spacial score (nSPS) is 11.1. The van der Waals surface area contributed by atoms with E-state index in [2.05, 4.69) is 15.8 Å². The summed E-state index contributed by atoms with van der Waals surface area (Å²) in [6.45, 7) is 3.77. The van der Waals surface area contributed by atoms with Crippen molar-refractivity contribution in [2.45, 2.75) is 33.1 Å². The Kier molecular flexibility index (Phi) is 6.73. The van der Waals surface area contributed by atoms with Gasteiger partial charge in [0.25, 0.3) is 0 Å². The van der Waals surface area contributed by atoms with Gasteiger partial charge in [-0.3, -0.25) is 9.59 Å². The van der Waals surface area contributed by atoms with Gasteiger partial charge < -0.3 is 5.32 Å². The zero-order valence-corrected chi connectivity index (χ0v) is 12.3. The fourth-order valence-electron chi connectivity index (χ4n) is 1.30. The third-order valence-corrected chi connectivity index (χ3v) is 2.94. The number of hydrazone groups is 1. The summed E-state index contributed by atoms with van der Waals surface area (Å²) >= 11 is 5.92. The largest absolute Gasteiger partial charge is 0.325 e. The fraction of sp³-hybridized carbons (Fsp3) is 0.357. The maximum atomic E-state index is 11.7. The molecule has 5 nitrogen and oxygen atoms in total. The number of benzene rings is 1. The first kappa shape index (κ1) is 16.2. The second kappa shape index (κ2) is 8.32. The second-order valence-corrected chi connectivity index (χ2v) is 4.67.